The molecule has 0 aliphatic carbocycles. The summed E-state index contributed by atoms with van der Waals surface area (Å²) >= 11 is 6.15. The standard InChI is InChI=1S/C17H23ClN2O2/c18-15-5-1-2-6-16(15)22-14-4-3-11-20(12-14)17(21)13-7-9-19-10-8-13/h1-2,5-6,13-14,19H,3-4,7-12H2/t14-/m0/s1. The zero-order valence-corrected chi connectivity index (χ0v) is 13.5. The van der Waals surface area contributed by atoms with Crippen molar-refractivity contribution in [1.82, 2.24) is 10.2 Å². The first-order valence-electron chi connectivity index (χ1n) is 8.15. The van der Waals surface area contributed by atoms with Crippen LogP contribution in [0.1, 0.15) is 25.7 Å². The van der Waals surface area contributed by atoms with E-state index in [0.717, 1.165) is 45.3 Å². The molecule has 2 aliphatic heterocycles. The maximum Gasteiger partial charge on any atom is 0.225 e. The number of amides is 1. The molecule has 2 fully saturated rings. The Bertz CT molecular complexity index is 517. The van der Waals surface area contributed by atoms with Crippen molar-refractivity contribution in [2.75, 3.05) is 26.2 Å². The van der Waals surface area contributed by atoms with E-state index < -0.39 is 0 Å². The summed E-state index contributed by atoms with van der Waals surface area (Å²) in [5.41, 5.74) is 0. The van der Waals surface area contributed by atoms with Crippen molar-refractivity contribution in [3.05, 3.63) is 29.3 Å². The quantitative estimate of drug-likeness (QED) is 0.930. The molecule has 0 radical (unpaired) electrons. The van der Waals surface area contributed by atoms with Gasteiger partial charge in [0, 0.05) is 12.5 Å². The van der Waals surface area contributed by atoms with E-state index in [1.807, 2.05) is 29.2 Å². The maximum absolute atomic E-state index is 12.6. The average Bonchev–Trinajstić information content (AvgIpc) is 2.57. The highest BCUT2D eigenvalue weighted by Gasteiger charge is 2.30. The zero-order valence-electron chi connectivity index (χ0n) is 12.8. The van der Waals surface area contributed by atoms with Gasteiger partial charge in [-0.1, -0.05) is 23.7 Å². The summed E-state index contributed by atoms with van der Waals surface area (Å²) in [6.45, 7) is 3.42. The number of ether oxygens (including phenoxy) is 1. The van der Waals surface area contributed by atoms with E-state index in [1.165, 1.54) is 0 Å². The topological polar surface area (TPSA) is 41.6 Å². The molecule has 4 nitrogen and oxygen atoms in total. The minimum Gasteiger partial charge on any atom is -0.487 e. The third-order valence-electron chi connectivity index (χ3n) is 4.51. The second-order valence-electron chi connectivity index (χ2n) is 6.12. The highest BCUT2D eigenvalue weighted by Crippen LogP contribution is 2.27. The fraction of sp³-hybridized carbons (Fsp3) is 0.588. The summed E-state index contributed by atoms with van der Waals surface area (Å²) in [4.78, 5) is 14.6. The van der Waals surface area contributed by atoms with E-state index in [9.17, 15) is 4.79 Å². The molecular weight excluding hydrogens is 300 g/mol. The number of benzene rings is 1. The monoisotopic (exact) mass is 322 g/mol. The van der Waals surface area contributed by atoms with Crippen molar-refractivity contribution in [3.63, 3.8) is 0 Å². The van der Waals surface area contributed by atoms with Gasteiger partial charge in [-0.25, -0.2) is 0 Å². The van der Waals surface area contributed by atoms with E-state index in [4.69, 9.17) is 16.3 Å². The SMILES string of the molecule is O=C(C1CCNCC1)N1CCC[C@H](Oc2ccccc2Cl)C1. The Morgan fingerprint density at radius 3 is 2.77 bits per heavy atom. The zero-order chi connectivity index (χ0) is 15.4. The van der Waals surface area contributed by atoms with Crippen molar-refractivity contribution in [2.24, 2.45) is 5.92 Å². The van der Waals surface area contributed by atoms with Gasteiger partial charge in [0.25, 0.3) is 0 Å². The second kappa shape index (κ2) is 7.34. The molecule has 1 aromatic rings. The third kappa shape index (κ3) is 3.73. The molecule has 2 aliphatic rings. The minimum absolute atomic E-state index is 0.0410. The van der Waals surface area contributed by atoms with Gasteiger partial charge in [0.15, 0.2) is 0 Å². The number of hydrogen-bond acceptors (Lipinski definition) is 3. The molecule has 1 atom stereocenters. The summed E-state index contributed by atoms with van der Waals surface area (Å²) in [5, 5.41) is 3.94. The highest BCUT2D eigenvalue weighted by molar-refractivity contribution is 6.32. The Labute approximate surface area is 136 Å². The molecule has 120 valence electrons. The predicted octanol–water partition coefficient (Wildman–Crippen LogP) is 2.71. The van der Waals surface area contributed by atoms with Crippen molar-refractivity contribution in [2.45, 2.75) is 31.8 Å². The molecule has 0 unspecified atom stereocenters. The molecule has 1 amide bonds. The van der Waals surface area contributed by atoms with Crippen LogP contribution in [0.5, 0.6) is 5.75 Å². The van der Waals surface area contributed by atoms with Gasteiger partial charge >= 0.3 is 0 Å². The number of carbonyl (C=O) groups excluding carboxylic acids is 1. The summed E-state index contributed by atoms with van der Waals surface area (Å²) in [7, 11) is 0. The molecule has 0 spiro atoms. The second-order valence-corrected chi connectivity index (χ2v) is 6.53. The van der Waals surface area contributed by atoms with Crippen LogP contribution in [0.4, 0.5) is 0 Å². The van der Waals surface area contributed by atoms with Crippen LogP contribution in [0, 0.1) is 5.92 Å². The van der Waals surface area contributed by atoms with Gasteiger partial charge in [0.1, 0.15) is 11.9 Å². The van der Waals surface area contributed by atoms with Gasteiger partial charge in [-0.05, 0) is 50.9 Å². The number of hydrogen-bond donors (Lipinski definition) is 1. The van der Waals surface area contributed by atoms with E-state index >= 15 is 0 Å². The third-order valence-corrected chi connectivity index (χ3v) is 4.82. The molecule has 1 aromatic carbocycles. The first-order chi connectivity index (χ1) is 10.7. The average molecular weight is 323 g/mol. The molecule has 0 saturated carbocycles. The van der Waals surface area contributed by atoms with Crippen LogP contribution >= 0.6 is 11.6 Å². The first kappa shape index (κ1) is 15.6. The number of nitrogens with zero attached hydrogens (tertiary/aromatic N) is 1. The van der Waals surface area contributed by atoms with Crippen LogP contribution < -0.4 is 10.1 Å². The molecule has 3 rings (SSSR count). The molecule has 5 heteroatoms. The number of halogens is 1. The van der Waals surface area contributed by atoms with Gasteiger partial charge in [0.05, 0.1) is 11.6 Å². The molecule has 0 aromatic heterocycles. The number of piperidine rings is 2. The smallest absolute Gasteiger partial charge is 0.225 e. The van der Waals surface area contributed by atoms with Crippen molar-refractivity contribution < 1.29 is 9.53 Å². The van der Waals surface area contributed by atoms with Crippen LogP contribution in [0.15, 0.2) is 24.3 Å². The Hall–Kier alpha value is -1.26. The summed E-state index contributed by atoms with van der Waals surface area (Å²) < 4.78 is 6.02. The molecule has 2 saturated heterocycles. The van der Waals surface area contributed by atoms with E-state index in [-0.39, 0.29) is 12.0 Å². The minimum atomic E-state index is 0.0410. The largest absolute Gasteiger partial charge is 0.487 e. The van der Waals surface area contributed by atoms with Crippen molar-refractivity contribution >= 4 is 17.5 Å². The van der Waals surface area contributed by atoms with Crippen LogP contribution in [-0.4, -0.2) is 43.1 Å². The number of nitrogens with one attached hydrogen (secondary N) is 1. The van der Waals surface area contributed by atoms with Gasteiger partial charge < -0.3 is 15.0 Å². The Morgan fingerprint density at radius 1 is 1.23 bits per heavy atom. The van der Waals surface area contributed by atoms with Crippen LogP contribution in [0.2, 0.25) is 5.02 Å². The summed E-state index contributed by atoms with van der Waals surface area (Å²) in [5.74, 6) is 1.19. The molecular formula is C17H23ClN2O2. The Balaban J connectivity index is 1.59. The molecule has 1 N–H and O–H groups in total. The Morgan fingerprint density at radius 2 is 2.00 bits per heavy atom. The Kier molecular flexibility index (Phi) is 5.21. The van der Waals surface area contributed by atoms with Gasteiger partial charge in [-0.2, -0.15) is 0 Å². The lowest BCUT2D eigenvalue weighted by atomic mass is 9.95. The van der Waals surface area contributed by atoms with E-state index in [0.29, 0.717) is 23.2 Å². The van der Waals surface area contributed by atoms with Crippen molar-refractivity contribution in [3.8, 4) is 5.75 Å². The fourth-order valence-electron chi connectivity index (χ4n) is 3.28. The molecule has 2 heterocycles. The highest BCUT2D eigenvalue weighted by atomic mass is 35.5. The number of likely N-dealkylation sites (tertiary alicyclic amines) is 1. The predicted molar refractivity (Wildman–Crippen MR) is 87.3 cm³/mol. The van der Waals surface area contributed by atoms with Gasteiger partial charge in [0.2, 0.25) is 5.91 Å². The van der Waals surface area contributed by atoms with Crippen LogP contribution in [-0.2, 0) is 4.79 Å². The van der Waals surface area contributed by atoms with Crippen LogP contribution in [0.3, 0.4) is 0 Å². The van der Waals surface area contributed by atoms with Crippen molar-refractivity contribution in [1.29, 1.82) is 0 Å². The summed E-state index contributed by atoms with van der Waals surface area (Å²) in [6, 6.07) is 7.53. The lowest BCUT2D eigenvalue weighted by Gasteiger charge is -2.36. The lowest BCUT2D eigenvalue weighted by Crippen LogP contribution is -2.48. The fourth-order valence-corrected chi connectivity index (χ4v) is 3.46. The van der Waals surface area contributed by atoms with Crippen LogP contribution in [0.25, 0.3) is 0 Å². The normalized spacial score (nSPS) is 23.3. The maximum atomic E-state index is 12.6. The first-order valence-corrected chi connectivity index (χ1v) is 8.52. The molecule has 22 heavy (non-hydrogen) atoms. The summed E-state index contributed by atoms with van der Waals surface area (Å²) in [6.07, 6.45) is 3.91. The molecule has 0 bridgehead atoms. The van der Waals surface area contributed by atoms with Gasteiger partial charge in [-0.15, -0.1) is 0 Å². The lowest BCUT2D eigenvalue weighted by molar-refractivity contribution is -0.139. The van der Waals surface area contributed by atoms with Gasteiger partial charge in [-0.3, -0.25) is 4.79 Å². The number of para-hydroxylation sites is 1. The van der Waals surface area contributed by atoms with E-state index in [2.05, 4.69) is 5.32 Å². The van der Waals surface area contributed by atoms with E-state index in [1.54, 1.807) is 0 Å². The number of rotatable bonds is 3. The number of carbonyl (C=O) groups is 1.